The van der Waals surface area contributed by atoms with Crippen LogP contribution in [0.2, 0.25) is 5.02 Å². The van der Waals surface area contributed by atoms with Gasteiger partial charge in [-0.15, -0.1) is 0 Å². The van der Waals surface area contributed by atoms with E-state index in [0.29, 0.717) is 68.3 Å². The number of esters is 1. The minimum absolute atomic E-state index is 0.217. The molecule has 0 fully saturated rings. The van der Waals surface area contributed by atoms with Crippen molar-refractivity contribution in [2.24, 2.45) is 4.99 Å². The third-order valence-corrected chi connectivity index (χ3v) is 7.12. The molecule has 9 nitrogen and oxygen atoms in total. The van der Waals surface area contributed by atoms with E-state index in [2.05, 4.69) is 4.99 Å². The number of fused-ring (bicyclic) bond motifs is 1. The van der Waals surface area contributed by atoms with Crippen LogP contribution < -0.4 is 33.8 Å². The molecular weight excluding hydrogens is 544 g/mol. The minimum atomic E-state index is -0.788. The Hall–Kier alpha value is -3.76. The van der Waals surface area contributed by atoms with E-state index in [4.69, 9.17) is 35.3 Å². The summed E-state index contributed by atoms with van der Waals surface area (Å²) in [5.41, 5.74) is 1.19. The lowest BCUT2D eigenvalue weighted by atomic mass is 9.97. The van der Waals surface area contributed by atoms with E-state index >= 15 is 0 Å². The zero-order valence-corrected chi connectivity index (χ0v) is 23.9. The molecule has 1 atom stereocenters. The molecular formula is C28H29ClN2O7S. The molecule has 0 saturated carbocycles. The first-order valence-electron chi connectivity index (χ1n) is 12.4. The zero-order chi connectivity index (χ0) is 28.1. The normalized spacial score (nSPS) is 14.7. The first-order valence-corrected chi connectivity index (χ1v) is 13.5. The van der Waals surface area contributed by atoms with Crippen LogP contribution in [0, 0.1) is 0 Å². The quantitative estimate of drug-likeness (QED) is 0.340. The van der Waals surface area contributed by atoms with Gasteiger partial charge in [-0.1, -0.05) is 29.0 Å². The number of carbonyl (C=O) groups excluding carboxylic acids is 1. The van der Waals surface area contributed by atoms with Crippen molar-refractivity contribution in [3.63, 3.8) is 0 Å². The third-order valence-electron chi connectivity index (χ3n) is 5.84. The Balaban J connectivity index is 1.90. The molecule has 2 heterocycles. The van der Waals surface area contributed by atoms with Gasteiger partial charge in [-0.3, -0.25) is 9.36 Å². The lowest BCUT2D eigenvalue weighted by Gasteiger charge is -2.23. The van der Waals surface area contributed by atoms with Crippen molar-refractivity contribution in [1.29, 1.82) is 0 Å². The molecule has 206 valence electrons. The molecule has 4 rings (SSSR count). The highest BCUT2D eigenvalue weighted by Gasteiger charge is 2.31. The summed E-state index contributed by atoms with van der Waals surface area (Å²) in [7, 11) is 2.80. The summed E-state index contributed by atoms with van der Waals surface area (Å²) in [5, 5.41) is 0.353. The van der Waals surface area contributed by atoms with Gasteiger partial charge in [0.15, 0.2) is 27.8 Å². The highest BCUT2D eigenvalue weighted by Crippen LogP contribution is 2.37. The van der Waals surface area contributed by atoms with Gasteiger partial charge in [-0.25, -0.2) is 9.79 Å². The molecule has 0 amide bonds. The molecule has 0 saturated heterocycles. The molecule has 2 aromatic carbocycles. The number of nitrogens with zero attached hydrogens (tertiary/aromatic N) is 2. The number of hydrogen-bond acceptors (Lipinski definition) is 9. The number of ether oxygens (including phenoxy) is 5. The van der Waals surface area contributed by atoms with Crippen LogP contribution in [0.4, 0.5) is 0 Å². The van der Waals surface area contributed by atoms with Crippen LogP contribution in [0.3, 0.4) is 0 Å². The van der Waals surface area contributed by atoms with Crippen molar-refractivity contribution < 1.29 is 28.5 Å². The lowest BCUT2D eigenvalue weighted by Crippen LogP contribution is -2.39. The standard InChI is InChI=1S/C28H29ClN2O7S/c1-6-36-20-10-9-17(14-21(20)37-7-2)24-18(27(33)35-5)15-30-28-31(24)26(32)23(39-28)13-16-11-19(29)25(34-4)22(12-16)38-8-3/h9-15,24H,6-8H2,1-5H3/b23-13-/t24-/m0/s1. The van der Waals surface area contributed by atoms with E-state index < -0.39 is 12.0 Å². The fourth-order valence-electron chi connectivity index (χ4n) is 4.27. The molecule has 0 bridgehead atoms. The van der Waals surface area contributed by atoms with Crippen LogP contribution in [-0.2, 0) is 9.53 Å². The Bertz CT molecular complexity index is 1590. The number of methoxy groups -OCH3 is 2. The van der Waals surface area contributed by atoms with Gasteiger partial charge in [0.25, 0.3) is 5.56 Å². The van der Waals surface area contributed by atoms with E-state index in [1.54, 1.807) is 36.4 Å². The maximum atomic E-state index is 13.8. The van der Waals surface area contributed by atoms with Crippen molar-refractivity contribution in [2.75, 3.05) is 34.0 Å². The predicted octanol–water partition coefficient (Wildman–Crippen LogP) is 3.88. The second kappa shape index (κ2) is 12.4. The van der Waals surface area contributed by atoms with Crippen molar-refractivity contribution in [3.8, 4) is 23.0 Å². The molecule has 0 spiro atoms. The molecule has 3 aromatic rings. The first kappa shape index (κ1) is 28.3. The number of rotatable bonds is 10. The van der Waals surface area contributed by atoms with E-state index in [-0.39, 0.29) is 11.1 Å². The third kappa shape index (κ3) is 5.67. The van der Waals surface area contributed by atoms with Crippen LogP contribution in [0.15, 0.2) is 51.9 Å². The van der Waals surface area contributed by atoms with Crippen LogP contribution in [-0.4, -0.2) is 44.6 Å². The molecule has 0 aliphatic carbocycles. The minimum Gasteiger partial charge on any atom is -0.491 e. The number of thiazole rings is 1. The molecule has 39 heavy (non-hydrogen) atoms. The molecule has 11 heteroatoms. The van der Waals surface area contributed by atoms with E-state index in [9.17, 15) is 9.59 Å². The fourth-order valence-corrected chi connectivity index (χ4v) is 5.54. The van der Waals surface area contributed by atoms with E-state index in [1.807, 2.05) is 20.8 Å². The lowest BCUT2D eigenvalue weighted by molar-refractivity contribution is -0.136. The Kier molecular flexibility index (Phi) is 8.98. The van der Waals surface area contributed by atoms with Gasteiger partial charge >= 0.3 is 5.97 Å². The summed E-state index contributed by atoms with van der Waals surface area (Å²) in [4.78, 5) is 31.4. The first-order chi connectivity index (χ1) is 18.9. The summed E-state index contributed by atoms with van der Waals surface area (Å²) in [6.45, 7) is 6.90. The largest absolute Gasteiger partial charge is 0.491 e. The zero-order valence-electron chi connectivity index (χ0n) is 22.3. The van der Waals surface area contributed by atoms with Gasteiger partial charge < -0.3 is 23.7 Å². The van der Waals surface area contributed by atoms with Crippen LogP contribution in [0.1, 0.15) is 37.9 Å². The van der Waals surface area contributed by atoms with E-state index in [1.165, 1.54) is 36.3 Å². The van der Waals surface area contributed by atoms with Crippen molar-refractivity contribution in [3.05, 3.63) is 77.9 Å². The summed E-state index contributed by atoms with van der Waals surface area (Å²) in [6, 6.07) is 8.00. The predicted molar refractivity (Wildman–Crippen MR) is 149 cm³/mol. The van der Waals surface area contributed by atoms with Gasteiger partial charge in [0.05, 0.1) is 55.2 Å². The monoisotopic (exact) mass is 572 g/mol. The number of halogens is 1. The molecule has 1 aromatic heterocycles. The summed E-state index contributed by atoms with van der Waals surface area (Å²) in [6.07, 6.45) is 3.15. The average Bonchev–Trinajstić information content (AvgIpc) is 3.24. The molecule has 1 aliphatic heterocycles. The SMILES string of the molecule is CCOc1ccc([C@H]2C(C(=O)OC)=CN=c3s/c(=C\c4cc(Cl)c(OC)c(OCC)c4)c(=O)n32)cc1OCC. The fraction of sp³-hybridized carbons (Fsp3) is 0.321. The van der Waals surface area contributed by atoms with Gasteiger partial charge in [0.2, 0.25) is 0 Å². The Labute approximate surface area is 234 Å². The van der Waals surface area contributed by atoms with Gasteiger partial charge in [-0.05, 0) is 62.2 Å². The second-order valence-corrected chi connectivity index (χ2v) is 9.63. The maximum absolute atomic E-state index is 13.8. The number of carbonyl (C=O) groups is 1. The molecule has 0 N–H and O–H groups in total. The van der Waals surface area contributed by atoms with Gasteiger partial charge in [-0.2, -0.15) is 0 Å². The summed E-state index contributed by atoms with van der Waals surface area (Å²) in [5.74, 6) is 1.38. The van der Waals surface area contributed by atoms with Crippen molar-refractivity contribution in [1.82, 2.24) is 4.57 Å². The Morgan fingerprint density at radius 2 is 1.72 bits per heavy atom. The average molecular weight is 573 g/mol. The summed E-state index contributed by atoms with van der Waals surface area (Å²) < 4.78 is 29.4. The highest BCUT2D eigenvalue weighted by molar-refractivity contribution is 7.07. The second-order valence-electron chi connectivity index (χ2n) is 8.22. The number of aromatic nitrogens is 1. The maximum Gasteiger partial charge on any atom is 0.337 e. The van der Waals surface area contributed by atoms with Gasteiger partial charge in [0.1, 0.15) is 0 Å². The van der Waals surface area contributed by atoms with Gasteiger partial charge in [0, 0.05) is 6.20 Å². The number of hydrogen-bond donors (Lipinski definition) is 0. The smallest absolute Gasteiger partial charge is 0.337 e. The van der Waals surface area contributed by atoms with Crippen LogP contribution >= 0.6 is 22.9 Å². The van der Waals surface area contributed by atoms with Crippen LogP contribution in [0.5, 0.6) is 23.0 Å². The highest BCUT2D eigenvalue weighted by atomic mass is 35.5. The van der Waals surface area contributed by atoms with Crippen LogP contribution in [0.25, 0.3) is 6.08 Å². The molecule has 1 aliphatic rings. The van der Waals surface area contributed by atoms with Crippen molar-refractivity contribution in [2.45, 2.75) is 26.8 Å². The van der Waals surface area contributed by atoms with Crippen molar-refractivity contribution >= 4 is 35.0 Å². The Morgan fingerprint density at radius 3 is 2.38 bits per heavy atom. The Morgan fingerprint density at radius 1 is 1.03 bits per heavy atom. The molecule has 0 unspecified atom stereocenters. The van der Waals surface area contributed by atoms with E-state index in [0.717, 1.165) is 0 Å². The molecule has 0 radical (unpaired) electrons. The summed E-state index contributed by atoms with van der Waals surface area (Å²) >= 11 is 7.62. The topological polar surface area (TPSA) is 97.6 Å². The number of benzene rings is 2.